The normalized spacial score (nSPS) is 16.7. The minimum absolute atomic E-state index is 0.0169. The van der Waals surface area contributed by atoms with Crippen LogP contribution in [0.5, 0.6) is 23.1 Å². The lowest BCUT2D eigenvalue weighted by Gasteiger charge is -2.42. The van der Waals surface area contributed by atoms with Crippen molar-refractivity contribution in [1.82, 2.24) is 35.3 Å². The molecule has 2 fully saturated rings. The Hall–Kier alpha value is -6.74. The van der Waals surface area contributed by atoms with Crippen molar-refractivity contribution < 1.29 is 52.0 Å². The van der Waals surface area contributed by atoms with Crippen LogP contribution >= 0.6 is 0 Å². The Balaban J connectivity index is 0.000000235. The van der Waals surface area contributed by atoms with Crippen molar-refractivity contribution >= 4 is 33.7 Å². The van der Waals surface area contributed by atoms with Crippen molar-refractivity contribution in [1.29, 1.82) is 0 Å². The number of sulfonamides is 1. The third kappa shape index (κ3) is 13.7. The monoisotopic (exact) mass is 968 g/mol. The maximum absolute atomic E-state index is 13.5. The highest BCUT2D eigenvalue weighted by molar-refractivity contribution is 7.92. The van der Waals surface area contributed by atoms with Gasteiger partial charge >= 0.3 is 11.9 Å². The number of hydrazine groups is 1. The molecule has 3 atom stereocenters. The fraction of sp³-hybridized carbons (Fsp3) is 0.408. The molecule has 7 rings (SSSR count). The predicted octanol–water partition coefficient (Wildman–Crippen LogP) is 5.80. The van der Waals surface area contributed by atoms with Gasteiger partial charge in [-0.3, -0.25) is 24.6 Å². The van der Waals surface area contributed by atoms with Gasteiger partial charge in [0.15, 0.2) is 23.1 Å². The van der Waals surface area contributed by atoms with Gasteiger partial charge in [0.05, 0.1) is 31.3 Å². The highest BCUT2D eigenvalue weighted by atomic mass is 32.2. The van der Waals surface area contributed by atoms with Gasteiger partial charge in [0.1, 0.15) is 18.7 Å². The number of aliphatic hydroxyl groups excluding tert-OH is 1. The molecule has 0 bridgehead atoms. The second-order valence-corrected chi connectivity index (χ2v) is 18.8. The van der Waals surface area contributed by atoms with Crippen LogP contribution in [0.1, 0.15) is 70.9 Å². The highest BCUT2D eigenvalue weighted by Crippen LogP contribution is 2.41. The summed E-state index contributed by atoms with van der Waals surface area (Å²) in [6.07, 6.45) is 6.67. The molecule has 0 spiro atoms. The number of benzene rings is 3. The van der Waals surface area contributed by atoms with Crippen molar-refractivity contribution in [3.63, 3.8) is 0 Å². The standard InChI is InChI=1S/C27H29N5O6S.C22H31N3O5/c1-27(2,3)18-10-12-19(13-11-18)39(34,35)32-23-22(38-21-9-6-5-8-20(21)36-4)26(37-17-16-33)31-25(30-23)24-28-14-7-15-29-24;1-2-30-22(29)18(13-12-16-8-4-3-5-9-16)23-17-10-6-14-24-15-7-11-19(21(27)28)25(24)20(17)26/h5-15,33H,16-17H2,1-4H3,(H,30,31,32);3-5,8-9,17-19,23H,2,6-7,10-15H2,1H3,(H,27,28)/t;17-,18-,19-/m.0/s1. The fourth-order valence-corrected chi connectivity index (χ4v) is 8.75. The first-order valence-corrected chi connectivity index (χ1v) is 24.3. The van der Waals surface area contributed by atoms with Crippen molar-refractivity contribution in [2.24, 2.45) is 0 Å². The number of nitrogens with zero attached hydrogens (tertiary/aromatic N) is 6. The number of aromatic nitrogens is 4. The van der Waals surface area contributed by atoms with E-state index in [4.69, 9.17) is 18.9 Å². The van der Waals surface area contributed by atoms with Crippen molar-refractivity contribution in [2.45, 2.75) is 94.7 Å². The minimum Gasteiger partial charge on any atom is -0.493 e. The Morgan fingerprint density at radius 2 is 1.55 bits per heavy atom. The Bertz CT molecular complexity index is 2600. The third-order valence-electron chi connectivity index (χ3n) is 11.2. The minimum atomic E-state index is -4.14. The smallest absolute Gasteiger partial charge is 0.328 e. The van der Waals surface area contributed by atoms with Gasteiger partial charge in [0, 0.05) is 25.5 Å². The molecule has 368 valence electrons. The third-order valence-corrected chi connectivity index (χ3v) is 12.6. The Kier molecular flexibility index (Phi) is 18.0. The molecule has 20 heteroatoms. The van der Waals surface area contributed by atoms with E-state index in [1.165, 1.54) is 36.6 Å². The summed E-state index contributed by atoms with van der Waals surface area (Å²) in [5.41, 5.74) is 1.93. The molecule has 1 amide bonds. The van der Waals surface area contributed by atoms with Gasteiger partial charge in [-0.1, -0.05) is 75.4 Å². The number of fused-ring (bicyclic) bond motifs is 1. The van der Waals surface area contributed by atoms with Gasteiger partial charge < -0.3 is 29.2 Å². The van der Waals surface area contributed by atoms with Crippen LogP contribution in [0.15, 0.2) is 102 Å². The number of ether oxygens (including phenoxy) is 4. The van der Waals surface area contributed by atoms with Crippen LogP contribution in [0.4, 0.5) is 5.82 Å². The van der Waals surface area contributed by atoms with Crippen LogP contribution < -0.4 is 24.2 Å². The zero-order valence-corrected chi connectivity index (χ0v) is 40.2. The number of carboxylic acids is 1. The number of rotatable bonds is 18. The molecular weight excluding hydrogens is 909 g/mol. The maximum Gasteiger partial charge on any atom is 0.328 e. The van der Waals surface area contributed by atoms with Crippen LogP contribution in [0, 0.1) is 0 Å². The fourth-order valence-electron chi connectivity index (χ4n) is 7.74. The van der Waals surface area contributed by atoms with Crippen molar-refractivity contribution in [3.05, 3.63) is 108 Å². The van der Waals surface area contributed by atoms with E-state index in [1.54, 1.807) is 49.4 Å². The number of amides is 1. The first kappa shape index (κ1) is 51.6. The van der Waals surface area contributed by atoms with Gasteiger partial charge in [0.25, 0.3) is 21.8 Å². The summed E-state index contributed by atoms with van der Waals surface area (Å²) < 4.78 is 51.8. The van der Waals surface area contributed by atoms with Gasteiger partial charge in [-0.2, -0.15) is 4.98 Å². The number of nitrogens with one attached hydrogen (secondary N) is 2. The Labute approximate surface area is 402 Å². The maximum atomic E-state index is 13.5. The number of carbonyl (C=O) groups is 3. The van der Waals surface area contributed by atoms with Gasteiger partial charge in [-0.15, -0.1) is 0 Å². The molecule has 69 heavy (non-hydrogen) atoms. The second-order valence-electron chi connectivity index (χ2n) is 17.1. The van der Waals surface area contributed by atoms with Gasteiger partial charge in [-0.25, -0.2) is 33.2 Å². The Morgan fingerprint density at radius 1 is 0.884 bits per heavy atom. The van der Waals surface area contributed by atoms with Crippen LogP contribution in [0.3, 0.4) is 0 Å². The zero-order valence-electron chi connectivity index (χ0n) is 39.4. The van der Waals surface area contributed by atoms with Crippen LogP contribution in [-0.4, -0.2) is 125 Å². The number of esters is 1. The van der Waals surface area contributed by atoms with E-state index in [-0.39, 0.29) is 76.9 Å². The first-order chi connectivity index (χ1) is 33.1. The zero-order chi connectivity index (χ0) is 49.6. The van der Waals surface area contributed by atoms with E-state index < -0.39 is 34.1 Å². The van der Waals surface area contributed by atoms with E-state index in [9.17, 15) is 33.0 Å². The van der Waals surface area contributed by atoms with E-state index in [0.717, 1.165) is 24.0 Å². The average molecular weight is 969 g/mol. The lowest BCUT2D eigenvalue weighted by atomic mass is 9.87. The molecule has 2 saturated heterocycles. The molecule has 4 heterocycles. The summed E-state index contributed by atoms with van der Waals surface area (Å²) >= 11 is 0. The molecule has 2 aliphatic heterocycles. The SMILES string of the molecule is CCOC(=O)[C@H](CCc1ccccc1)N[C@H]1CCCN2CCC[C@@H](C(=O)O)N2C1=O.COc1ccccc1Oc1c(NS(=O)(=O)c2ccc(C(C)(C)C)cc2)nc(-c2ncccn2)nc1OCCO. The van der Waals surface area contributed by atoms with E-state index in [1.807, 2.05) is 56.1 Å². The van der Waals surface area contributed by atoms with Crippen molar-refractivity contribution in [2.75, 3.05) is 44.7 Å². The van der Waals surface area contributed by atoms with E-state index in [0.29, 0.717) is 44.5 Å². The van der Waals surface area contributed by atoms with Crippen molar-refractivity contribution in [3.8, 4) is 34.8 Å². The number of aryl methyl sites for hydroxylation is 1. The summed E-state index contributed by atoms with van der Waals surface area (Å²) in [6, 6.07) is 22.7. The highest BCUT2D eigenvalue weighted by Gasteiger charge is 2.42. The van der Waals surface area contributed by atoms with E-state index in [2.05, 4.69) is 30.0 Å². The summed E-state index contributed by atoms with van der Waals surface area (Å²) in [5.74, 6) is -1.36. The van der Waals surface area contributed by atoms with Crippen LogP contribution in [0.2, 0.25) is 0 Å². The molecule has 0 saturated carbocycles. The molecular formula is C49H60N8O11S. The number of anilines is 1. The molecule has 19 nitrogen and oxygen atoms in total. The van der Waals surface area contributed by atoms with Crippen LogP contribution in [0.25, 0.3) is 11.6 Å². The predicted molar refractivity (Wildman–Crippen MR) is 255 cm³/mol. The molecule has 2 aromatic heterocycles. The largest absolute Gasteiger partial charge is 0.493 e. The van der Waals surface area contributed by atoms with Crippen LogP contribution in [-0.2, 0) is 41.0 Å². The number of aliphatic hydroxyl groups is 1. The lowest BCUT2D eigenvalue weighted by Crippen LogP contribution is -2.61. The number of hydrogen-bond acceptors (Lipinski definition) is 16. The van der Waals surface area contributed by atoms with Gasteiger partial charge in [-0.05, 0) is 92.3 Å². The summed E-state index contributed by atoms with van der Waals surface area (Å²) in [4.78, 5) is 54.7. The quantitative estimate of drug-likeness (QED) is 0.0758. The number of carbonyl (C=O) groups excluding carboxylic acids is 2. The van der Waals surface area contributed by atoms with Gasteiger partial charge in [0.2, 0.25) is 11.6 Å². The molecule has 0 radical (unpaired) electrons. The number of methoxy groups -OCH3 is 1. The van der Waals surface area contributed by atoms with E-state index >= 15 is 0 Å². The molecule has 0 aliphatic carbocycles. The Morgan fingerprint density at radius 3 is 2.19 bits per heavy atom. The molecule has 3 aromatic carbocycles. The molecule has 2 aliphatic rings. The first-order valence-electron chi connectivity index (χ1n) is 22.8. The molecule has 0 unspecified atom stereocenters. The summed E-state index contributed by atoms with van der Waals surface area (Å²) in [5, 5.41) is 25.5. The average Bonchev–Trinajstić information content (AvgIpc) is 3.50. The number of hydrogen-bond donors (Lipinski definition) is 4. The summed E-state index contributed by atoms with van der Waals surface area (Å²) in [6.45, 7) is 8.99. The number of carboxylic acid groups (broad SMARTS) is 1. The molecule has 5 aromatic rings. The second kappa shape index (κ2) is 24.0. The summed E-state index contributed by atoms with van der Waals surface area (Å²) in [7, 11) is -2.66. The number of aliphatic carboxylic acids is 1. The topological polar surface area (TPSA) is 245 Å². The molecule has 4 N–H and O–H groups in total. The lowest BCUT2D eigenvalue weighted by molar-refractivity contribution is -0.174. The number of para-hydroxylation sites is 2.